The number of thiazole rings is 1. The van der Waals surface area contributed by atoms with Crippen molar-refractivity contribution in [3.8, 4) is 0 Å². The van der Waals surface area contributed by atoms with Crippen molar-refractivity contribution in [2.24, 2.45) is 5.16 Å². The maximum absolute atomic E-state index is 12.8. The average Bonchev–Trinajstić information content (AvgIpc) is 3.13. The fourth-order valence-corrected chi connectivity index (χ4v) is 6.72. The summed E-state index contributed by atoms with van der Waals surface area (Å²) in [6, 6.07) is 2.66. The summed E-state index contributed by atoms with van der Waals surface area (Å²) in [6.45, 7) is 0. The molecule has 0 unspecified atom stereocenters. The number of aliphatic carboxylic acids is 1. The van der Waals surface area contributed by atoms with Gasteiger partial charge in [-0.25, -0.2) is 9.78 Å². The first kappa shape index (κ1) is 23.4. The van der Waals surface area contributed by atoms with Gasteiger partial charge in [0.1, 0.15) is 27.1 Å². The Hall–Kier alpha value is -2.81. The van der Waals surface area contributed by atoms with Crippen LogP contribution in [0.4, 0.5) is 5.13 Å². The molecule has 2 aliphatic heterocycles. The largest absolute Gasteiger partial charge is 0.477 e. The van der Waals surface area contributed by atoms with Crippen molar-refractivity contribution in [2.45, 2.75) is 17.2 Å². The van der Waals surface area contributed by atoms with Crippen LogP contribution in [-0.2, 0) is 20.1 Å². The quantitative estimate of drug-likeness (QED) is 0.179. The minimum Gasteiger partial charge on any atom is -0.477 e. The standard InChI is InChI=1S/C18H15ClN6O5S3/c19-13-9(23-18(20)33-13)10(24-30)14(26)22-11-15(27)25-12(17(28)29)8(6-32-16(11)25)31-5-7-2-1-3-21-4-7/h1-4,11,16,30H,5-6H2,(H2,20,23)(H,22,26)(H,28,29)/b24-10-/t11-,16+/m1/s1. The number of fused-ring (bicyclic) bond motifs is 1. The third-order valence-electron chi connectivity index (χ3n) is 4.70. The van der Waals surface area contributed by atoms with Crippen LogP contribution in [-0.4, -0.2) is 65.8 Å². The maximum Gasteiger partial charge on any atom is 0.353 e. The number of carboxylic acids is 1. The highest BCUT2D eigenvalue weighted by atomic mass is 35.5. The number of nitrogens with two attached hydrogens (primary N) is 1. The Kier molecular flexibility index (Phi) is 6.78. The number of carbonyl (C=O) groups is 3. The number of nitrogen functional groups attached to an aromatic ring is 1. The van der Waals surface area contributed by atoms with Gasteiger partial charge in [0.2, 0.25) is 0 Å². The number of carboxylic acid groups (broad SMARTS) is 1. The maximum atomic E-state index is 12.8. The number of oxime groups is 1. The van der Waals surface area contributed by atoms with Crippen molar-refractivity contribution in [3.05, 3.63) is 50.7 Å². The summed E-state index contributed by atoms with van der Waals surface area (Å²) < 4.78 is 0.0513. The van der Waals surface area contributed by atoms with Crippen molar-refractivity contribution in [3.63, 3.8) is 0 Å². The first-order chi connectivity index (χ1) is 15.8. The number of hydrogen-bond acceptors (Lipinski definition) is 11. The van der Waals surface area contributed by atoms with Gasteiger partial charge < -0.3 is 21.4 Å². The van der Waals surface area contributed by atoms with E-state index in [2.05, 4.69) is 20.4 Å². The zero-order chi connectivity index (χ0) is 23.7. The Bertz CT molecular complexity index is 1190. The number of hydrogen-bond donors (Lipinski definition) is 4. The second kappa shape index (κ2) is 9.59. The topological polar surface area (TPSA) is 171 Å². The molecule has 0 aromatic carbocycles. The van der Waals surface area contributed by atoms with Gasteiger partial charge in [-0.15, -0.1) is 23.5 Å². The molecular weight excluding hydrogens is 512 g/mol. The number of amides is 2. The molecule has 172 valence electrons. The van der Waals surface area contributed by atoms with Crippen LogP contribution in [0, 0.1) is 0 Å². The highest BCUT2D eigenvalue weighted by molar-refractivity contribution is 8.05. The molecule has 0 radical (unpaired) electrons. The Morgan fingerprint density at radius 1 is 1.45 bits per heavy atom. The molecule has 0 spiro atoms. The third-order valence-corrected chi connectivity index (χ3v) is 8.41. The van der Waals surface area contributed by atoms with Crippen LogP contribution < -0.4 is 11.1 Å². The Morgan fingerprint density at radius 3 is 2.85 bits per heavy atom. The normalized spacial score (nSPS) is 20.3. The van der Waals surface area contributed by atoms with E-state index in [0.29, 0.717) is 16.4 Å². The summed E-state index contributed by atoms with van der Waals surface area (Å²) in [5, 5.41) is 23.9. The van der Waals surface area contributed by atoms with Gasteiger partial charge in [0.15, 0.2) is 10.8 Å². The molecule has 11 nitrogen and oxygen atoms in total. The van der Waals surface area contributed by atoms with Gasteiger partial charge in [0.25, 0.3) is 11.8 Å². The smallest absolute Gasteiger partial charge is 0.353 e. The summed E-state index contributed by atoms with van der Waals surface area (Å²) in [5.41, 5.74) is 5.77. The minimum atomic E-state index is -1.23. The van der Waals surface area contributed by atoms with Gasteiger partial charge in [-0.2, -0.15) is 0 Å². The summed E-state index contributed by atoms with van der Waals surface area (Å²) in [4.78, 5) is 47.0. The predicted molar refractivity (Wildman–Crippen MR) is 125 cm³/mol. The molecule has 1 saturated heterocycles. The van der Waals surface area contributed by atoms with Crippen molar-refractivity contribution >= 4 is 75.1 Å². The SMILES string of the molecule is Nc1nc(/C(=N/O)C(=O)N[C@@H]2C(=O)N3C(C(=O)O)=C(SCc4cccnc4)CS[C@@H]23)c(Cl)s1. The van der Waals surface area contributed by atoms with Gasteiger partial charge in [0, 0.05) is 28.8 Å². The van der Waals surface area contributed by atoms with Crippen LogP contribution in [0.2, 0.25) is 4.34 Å². The lowest BCUT2D eigenvalue weighted by Crippen LogP contribution is -2.71. The van der Waals surface area contributed by atoms with E-state index in [0.717, 1.165) is 21.8 Å². The first-order valence-electron chi connectivity index (χ1n) is 9.19. The highest BCUT2D eigenvalue weighted by Gasteiger charge is 2.54. The van der Waals surface area contributed by atoms with Crippen LogP contribution in [0.5, 0.6) is 0 Å². The lowest BCUT2D eigenvalue weighted by Gasteiger charge is -2.49. The number of nitrogens with one attached hydrogen (secondary N) is 1. The van der Waals surface area contributed by atoms with Crippen LogP contribution in [0.3, 0.4) is 0 Å². The van der Waals surface area contributed by atoms with Crippen molar-refractivity contribution in [2.75, 3.05) is 11.5 Å². The number of nitrogens with zero attached hydrogens (tertiary/aromatic N) is 4. The third kappa shape index (κ3) is 4.51. The number of carbonyl (C=O) groups excluding carboxylic acids is 2. The molecule has 4 heterocycles. The van der Waals surface area contributed by atoms with E-state index >= 15 is 0 Å². The van der Waals surface area contributed by atoms with Crippen molar-refractivity contribution in [1.82, 2.24) is 20.2 Å². The van der Waals surface area contributed by atoms with Gasteiger partial charge in [0.05, 0.1) is 0 Å². The zero-order valence-electron chi connectivity index (χ0n) is 16.5. The fourth-order valence-electron chi connectivity index (χ4n) is 3.23. The molecule has 5 N–H and O–H groups in total. The molecule has 2 aliphatic rings. The monoisotopic (exact) mass is 526 g/mol. The fraction of sp³-hybridized carbons (Fsp3) is 0.222. The van der Waals surface area contributed by atoms with E-state index in [1.165, 1.54) is 23.5 Å². The molecule has 0 saturated carbocycles. The van der Waals surface area contributed by atoms with Crippen molar-refractivity contribution < 1.29 is 24.7 Å². The molecule has 2 atom stereocenters. The number of pyridine rings is 1. The van der Waals surface area contributed by atoms with Gasteiger partial charge in [-0.05, 0) is 11.6 Å². The molecule has 15 heteroatoms. The number of rotatable bonds is 7. The van der Waals surface area contributed by atoms with E-state index in [4.69, 9.17) is 17.3 Å². The molecule has 33 heavy (non-hydrogen) atoms. The first-order valence-corrected chi connectivity index (χ1v) is 12.4. The molecule has 0 bridgehead atoms. The summed E-state index contributed by atoms with van der Waals surface area (Å²) >= 11 is 9.52. The van der Waals surface area contributed by atoms with Gasteiger partial charge in [-0.3, -0.25) is 19.5 Å². The van der Waals surface area contributed by atoms with Crippen molar-refractivity contribution in [1.29, 1.82) is 0 Å². The minimum absolute atomic E-state index is 0.0513. The molecule has 2 aromatic heterocycles. The summed E-state index contributed by atoms with van der Waals surface area (Å²) in [7, 11) is 0. The molecule has 0 aliphatic carbocycles. The second-order valence-electron chi connectivity index (χ2n) is 6.71. The van der Waals surface area contributed by atoms with E-state index in [1.807, 2.05) is 6.07 Å². The van der Waals surface area contributed by atoms with E-state index in [9.17, 15) is 24.7 Å². The number of aromatic nitrogens is 2. The molecular formula is C18H15ClN6O5S3. The molecule has 2 aromatic rings. The lowest BCUT2D eigenvalue weighted by atomic mass is 10.0. The van der Waals surface area contributed by atoms with Gasteiger partial charge in [-0.1, -0.05) is 34.2 Å². The van der Waals surface area contributed by atoms with Gasteiger partial charge >= 0.3 is 5.97 Å². The van der Waals surface area contributed by atoms with E-state index < -0.39 is 34.9 Å². The van der Waals surface area contributed by atoms with E-state index in [1.54, 1.807) is 18.5 Å². The predicted octanol–water partition coefficient (Wildman–Crippen LogP) is 1.58. The number of anilines is 1. The van der Waals surface area contributed by atoms with E-state index in [-0.39, 0.29) is 20.9 Å². The number of β-lactam (4-membered cyclic amide) rings is 1. The van der Waals surface area contributed by atoms with Crippen LogP contribution >= 0.6 is 46.5 Å². The number of halogens is 1. The Morgan fingerprint density at radius 2 is 2.24 bits per heavy atom. The average molecular weight is 527 g/mol. The zero-order valence-corrected chi connectivity index (χ0v) is 19.7. The molecule has 4 rings (SSSR count). The second-order valence-corrected chi connectivity index (χ2v) is 10.5. The Labute approximate surface area is 204 Å². The molecule has 1 fully saturated rings. The molecule has 2 amide bonds. The number of thioether (sulfide) groups is 2. The van der Waals surface area contributed by atoms with Crippen LogP contribution in [0.15, 0.2) is 40.3 Å². The van der Waals surface area contributed by atoms with Crippen LogP contribution in [0.25, 0.3) is 0 Å². The summed E-state index contributed by atoms with van der Waals surface area (Å²) in [6.07, 6.45) is 3.34. The summed E-state index contributed by atoms with van der Waals surface area (Å²) in [5.74, 6) is -1.85. The van der Waals surface area contributed by atoms with Crippen LogP contribution in [0.1, 0.15) is 11.3 Å². The Balaban J connectivity index is 1.49. The highest BCUT2D eigenvalue weighted by Crippen LogP contribution is 2.44. The lowest BCUT2D eigenvalue weighted by molar-refractivity contribution is -0.150.